The molecule has 24 heavy (non-hydrogen) atoms. The Hall–Kier alpha value is -2.73. The van der Waals surface area contributed by atoms with Gasteiger partial charge in [-0.25, -0.2) is 4.79 Å². The van der Waals surface area contributed by atoms with Crippen LogP contribution in [0.15, 0.2) is 48.7 Å². The summed E-state index contributed by atoms with van der Waals surface area (Å²) in [4.78, 5) is 29.3. The highest BCUT2D eigenvalue weighted by Gasteiger charge is 2.26. The normalized spacial score (nSPS) is 17.5. The molecule has 1 amide bonds. The Balaban J connectivity index is 1.69. The predicted octanol–water partition coefficient (Wildman–Crippen LogP) is 1.86. The largest absolute Gasteiger partial charge is 0.478 e. The van der Waals surface area contributed by atoms with Crippen molar-refractivity contribution in [2.75, 3.05) is 19.7 Å². The average molecular weight is 326 g/mol. The van der Waals surface area contributed by atoms with E-state index < -0.39 is 5.97 Å². The van der Waals surface area contributed by atoms with Gasteiger partial charge in [-0.15, -0.1) is 0 Å². The minimum absolute atomic E-state index is 0.0578. The summed E-state index contributed by atoms with van der Waals surface area (Å²) in [7, 11) is 0. The van der Waals surface area contributed by atoms with E-state index in [9.17, 15) is 9.59 Å². The summed E-state index contributed by atoms with van der Waals surface area (Å²) in [5.41, 5.74) is 1.36. The SMILES string of the molecule is O=C(O)c1ccnc(C(=O)N2CCOC(Cc3ccccc3)C2)c1. The number of carbonyl (C=O) groups excluding carboxylic acids is 1. The fourth-order valence-corrected chi connectivity index (χ4v) is 2.75. The number of aromatic carboxylic acids is 1. The van der Waals surface area contributed by atoms with E-state index in [0.29, 0.717) is 19.7 Å². The highest BCUT2D eigenvalue weighted by Crippen LogP contribution is 2.14. The Morgan fingerprint density at radius 1 is 1.25 bits per heavy atom. The molecule has 6 heteroatoms. The van der Waals surface area contributed by atoms with E-state index in [1.165, 1.54) is 18.3 Å². The zero-order valence-corrected chi connectivity index (χ0v) is 13.1. The van der Waals surface area contributed by atoms with Crippen LogP contribution in [-0.4, -0.2) is 52.7 Å². The lowest BCUT2D eigenvalue weighted by Gasteiger charge is -2.33. The van der Waals surface area contributed by atoms with Gasteiger partial charge in [-0.1, -0.05) is 30.3 Å². The zero-order chi connectivity index (χ0) is 16.9. The van der Waals surface area contributed by atoms with E-state index in [-0.39, 0.29) is 23.3 Å². The maximum Gasteiger partial charge on any atom is 0.335 e. The van der Waals surface area contributed by atoms with Crippen molar-refractivity contribution in [3.8, 4) is 0 Å². The zero-order valence-electron chi connectivity index (χ0n) is 13.1. The number of hydrogen-bond acceptors (Lipinski definition) is 4. The monoisotopic (exact) mass is 326 g/mol. The number of amides is 1. The molecule has 0 saturated carbocycles. The number of hydrogen-bond donors (Lipinski definition) is 1. The number of benzene rings is 1. The first kappa shape index (κ1) is 16.1. The van der Waals surface area contributed by atoms with Crippen LogP contribution in [-0.2, 0) is 11.2 Å². The van der Waals surface area contributed by atoms with Crippen LogP contribution in [0, 0.1) is 0 Å². The highest BCUT2D eigenvalue weighted by atomic mass is 16.5. The third-order valence-electron chi connectivity index (χ3n) is 3.96. The second-order valence-corrected chi connectivity index (χ2v) is 5.67. The molecule has 3 rings (SSSR count). The number of ether oxygens (including phenoxy) is 1. The Bertz CT molecular complexity index is 733. The molecule has 1 aliphatic rings. The van der Waals surface area contributed by atoms with E-state index in [2.05, 4.69) is 4.98 Å². The molecule has 6 nitrogen and oxygen atoms in total. The van der Waals surface area contributed by atoms with Gasteiger partial charge in [0.25, 0.3) is 5.91 Å². The summed E-state index contributed by atoms with van der Waals surface area (Å²) >= 11 is 0. The first-order valence-corrected chi connectivity index (χ1v) is 7.77. The molecule has 1 aromatic heterocycles. The van der Waals surface area contributed by atoms with Gasteiger partial charge >= 0.3 is 5.97 Å². The molecule has 124 valence electrons. The van der Waals surface area contributed by atoms with Gasteiger partial charge in [0.1, 0.15) is 5.69 Å². The molecule has 1 N–H and O–H groups in total. The number of pyridine rings is 1. The second kappa shape index (κ2) is 7.23. The molecule has 0 spiro atoms. The summed E-state index contributed by atoms with van der Waals surface area (Å²) in [6.07, 6.45) is 2.00. The minimum atomic E-state index is -1.07. The number of carbonyl (C=O) groups is 2. The van der Waals surface area contributed by atoms with Crippen molar-refractivity contribution < 1.29 is 19.4 Å². The van der Waals surface area contributed by atoms with E-state index in [1.54, 1.807) is 4.90 Å². The molecule has 0 aliphatic carbocycles. The summed E-state index contributed by atoms with van der Waals surface area (Å²) < 4.78 is 5.75. The van der Waals surface area contributed by atoms with Crippen LogP contribution < -0.4 is 0 Å². The number of rotatable bonds is 4. The number of carboxylic acids is 1. The van der Waals surface area contributed by atoms with Gasteiger partial charge < -0.3 is 14.7 Å². The molecule has 1 aliphatic heterocycles. The minimum Gasteiger partial charge on any atom is -0.478 e. The Labute approximate surface area is 139 Å². The van der Waals surface area contributed by atoms with E-state index >= 15 is 0 Å². The number of carboxylic acid groups (broad SMARTS) is 1. The van der Waals surface area contributed by atoms with E-state index in [4.69, 9.17) is 9.84 Å². The van der Waals surface area contributed by atoms with Gasteiger partial charge in [0.15, 0.2) is 0 Å². The Kier molecular flexibility index (Phi) is 4.86. The van der Waals surface area contributed by atoms with Gasteiger partial charge in [-0.05, 0) is 17.7 Å². The standard InChI is InChI=1S/C18H18N2O4/c21-17(16-11-14(18(22)23)6-7-19-16)20-8-9-24-15(12-20)10-13-4-2-1-3-5-13/h1-7,11,15H,8-10,12H2,(H,22,23). The summed E-state index contributed by atoms with van der Waals surface area (Å²) in [6.45, 7) is 1.40. The molecular weight excluding hydrogens is 308 g/mol. The molecule has 1 aromatic carbocycles. The van der Waals surface area contributed by atoms with Gasteiger partial charge in [0.05, 0.1) is 18.3 Å². The molecule has 1 unspecified atom stereocenters. The number of nitrogens with zero attached hydrogens (tertiary/aromatic N) is 2. The van der Waals surface area contributed by atoms with Gasteiger partial charge in [-0.2, -0.15) is 0 Å². The van der Waals surface area contributed by atoms with Crippen LogP contribution in [0.25, 0.3) is 0 Å². The summed E-state index contributed by atoms with van der Waals surface area (Å²) in [6, 6.07) is 12.7. The Morgan fingerprint density at radius 3 is 2.79 bits per heavy atom. The highest BCUT2D eigenvalue weighted by molar-refractivity contribution is 5.95. The predicted molar refractivity (Wildman–Crippen MR) is 87.0 cm³/mol. The van der Waals surface area contributed by atoms with Gasteiger partial charge in [0, 0.05) is 25.7 Å². The van der Waals surface area contributed by atoms with Crippen LogP contribution in [0.3, 0.4) is 0 Å². The average Bonchev–Trinajstić information content (AvgIpc) is 2.62. The third kappa shape index (κ3) is 3.78. The van der Waals surface area contributed by atoms with Crippen molar-refractivity contribution in [1.82, 2.24) is 9.88 Å². The van der Waals surface area contributed by atoms with Crippen molar-refractivity contribution in [2.45, 2.75) is 12.5 Å². The second-order valence-electron chi connectivity index (χ2n) is 5.67. The fourth-order valence-electron chi connectivity index (χ4n) is 2.75. The molecule has 0 bridgehead atoms. The molecule has 2 aromatic rings. The van der Waals surface area contributed by atoms with Gasteiger partial charge in [0.2, 0.25) is 0 Å². The van der Waals surface area contributed by atoms with Crippen molar-refractivity contribution >= 4 is 11.9 Å². The number of morpholine rings is 1. The fraction of sp³-hybridized carbons (Fsp3) is 0.278. The van der Waals surface area contributed by atoms with Crippen LogP contribution in [0.4, 0.5) is 0 Å². The molecule has 1 fully saturated rings. The molecule has 0 radical (unpaired) electrons. The van der Waals surface area contributed by atoms with Crippen molar-refractivity contribution in [3.05, 3.63) is 65.5 Å². The third-order valence-corrected chi connectivity index (χ3v) is 3.96. The maximum atomic E-state index is 12.6. The molecule has 1 atom stereocenters. The first-order chi connectivity index (χ1) is 11.6. The molecule has 1 saturated heterocycles. The van der Waals surface area contributed by atoms with E-state index in [1.807, 2.05) is 30.3 Å². The van der Waals surface area contributed by atoms with Crippen molar-refractivity contribution in [1.29, 1.82) is 0 Å². The lowest BCUT2D eigenvalue weighted by Crippen LogP contribution is -2.46. The smallest absolute Gasteiger partial charge is 0.335 e. The van der Waals surface area contributed by atoms with Crippen molar-refractivity contribution in [2.24, 2.45) is 0 Å². The van der Waals surface area contributed by atoms with Gasteiger partial charge in [-0.3, -0.25) is 9.78 Å². The number of aromatic nitrogens is 1. The van der Waals surface area contributed by atoms with Crippen molar-refractivity contribution in [3.63, 3.8) is 0 Å². The Morgan fingerprint density at radius 2 is 2.04 bits per heavy atom. The summed E-state index contributed by atoms with van der Waals surface area (Å²) in [5.74, 6) is -1.34. The van der Waals surface area contributed by atoms with Crippen LogP contribution >= 0.6 is 0 Å². The lowest BCUT2D eigenvalue weighted by molar-refractivity contribution is -0.0210. The topological polar surface area (TPSA) is 79.7 Å². The van der Waals surface area contributed by atoms with Crippen LogP contribution in [0.1, 0.15) is 26.4 Å². The quantitative estimate of drug-likeness (QED) is 0.928. The maximum absolute atomic E-state index is 12.6. The molecular formula is C18H18N2O4. The summed E-state index contributed by atoms with van der Waals surface area (Å²) in [5, 5.41) is 9.03. The first-order valence-electron chi connectivity index (χ1n) is 7.77. The molecule has 2 heterocycles. The van der Waals surface area contributed by atoms with Crippen LogP contribution in [0.2, 0.25) is 0 Å². The van der Waals surface area contributed by atoms with Crippen LogP contribution in [0.5, 0.6) is 0 Å². The van der Waals surface area contributed by atoms with E-state index in [0.717, 1.165) is 12.0 Å². The lowest BCUT2D eigenvalue weighted by atomic mass is 10.1.